The van der Waals surface area contributed by atoms with Crippen LogP contribution in [-0.4, -0.2) is 24.7 Å². The van der Waals surface area contributed by atoms with E-state index >= 15 is 0 Å². The Balaban J connectivity index is 1.99. The van der Waals surface area contributed by atoms with Crippen LogP contribution in [0.15, 0.2) is 41.6 Å². The highest BCUT2D eigenvalue weighted by Gasteiger charge is 2.16. The van der Waals surface area contributed by atoms with Gasteiger partial charge in [0.05, 0.1) is 4.90 Å². The van der Waals surface area contributed by atoms with Crippen LogP contribution in [0, 0.1) is 19.8 Å². The quantitative estimate of drug-likeness (QED) is 0.889. The summed E-state index contributed by atoms with van der Waals surface area (Å²) in [6.45, 7) is 6.93. The summed E-state index contributed by atoms with van der Waals surface area (Å²) >= 11 is 0. The second kappa shape index (κ2) is 6.41. The van der Waals surface area contributed by atoms with Gasteiger partial charge in [-0.25, -0.2) is 13.1 Å². The zero-order valence-electron chi connectivity index (χ0n) is 12.6. The van der Waals surface area contributed by atoms with Crippen molar-refractivity contribution in [2.45, 2.75) is 32.2 Å². The molecule has 0 saturated heterocycles. The van der Waals surface area contributed by atoms with Gasteiger partial charge in [-0.1, -0.05) is 13.0 Å². The molecule has 0 radical (unpaired) electrons. The van der Waals surface area contributed by atoms with Gasteiger partial charge in [-0.3, -0.25) is 4.68 Å². The number of hydrogen-bond acceptors (Lipinski definition) is 3. The molecule has 1 atom stereocenters. The van der Waals surface area contributed by atoms with E-state index in [1.54, 1.807) is 23.0 Å². The highest BCUT2D eigenvalue weighted by molar-refractivity contribution is 7.89. The fourth-order valence-corrected chi connectivity index (χ4v) is 3.26. The van der Waals surface area contributed by atoms with Gasteiger partial charge in [-0.2, -0.15) is 5.10 Å². The van der Waals surface area contributed by atoms with E-state index in [0.29, 0.717) is 18.0 Å². The molecule has 0 aliphatic carbocycles. The van der Waals surface area contributed by atoms with Crippen molar-refractivity contribution in [3.05, 3.63) is 47.8 Å². The van der Waals surface area contributed by atoms with Gasteiger partial charge >= 0.3 is 0 Å². The molecule has 0 aliphatic heterocycles. The third kappa shape index (κ3) is 4.15. The largest absolute Gasteiger partial charge is 0.272 e. The Morgan fingerprint density at radius 1 is 1.29 bits per heavy atom. The van der Waals surface area contributed by atoms with E-state index in [1.807, 2.05) is 39.1 Å². The molecule has 0 aliphatic rings. The van der Waals surface area contributed by atoms with Crippen molar-refractivity contribution in [1.29, 1.82) is 0 Å². The van der Waals surface area contributed by atoms with Crippen LogP contribution in [0.5, 0.6) is 0 Å². The van der Waals surface area contributed by atoms with Crippen molar-refractivity contribution in [3.8, 4) is 0 Å². The molecule has 0 amide bonds. The Hall–Kier alpha value is -1.66. The minimum absolute atomic E-state index is 0.159. The van der Waals surface area contributed by atoms with Crippen LogP contribution >= 0.6 is 0 Å². The number of benzene rings is 1. The molecule has 1 aromatic carbocycles. The molecule has 1 unspecified atom stereocenters. The van der Waals surface area contributed by atoms with Crippen LogP contribution in [-0.2, 0) is 16.6 Å². The molecule has 0 fully saturated rings. The SMILES string of the molecule is Cc1ccc(S(=O)(=O)NCC(C)Cn2cccn2)cc1C. The zero-order chi connectivity index (χ0) is 15.5. The van der Waals surface area contributed by atoms with Gasteiger partial charge in [0.2, 0.25) is 10.0 Å². The topological polar surface area (TPSA) is 64.0 Å². The number of rotatable bonds is 6. The minimum Gasteiger partial charge on any atom is -0.272 e. The number of nitrogens with one attached hydrogen (secondary N) is 1. The van der Waals surface area contributed by atoms with Crippen LogP contribution in [0.25, 0.3) is 0 Å². The molecule has 5 nitrogen and oxygen atoms in total. The molecule has 1 N–H and O–H groups in total. The molecule has 0 bridgehead atoms. The summed E-state index contributed by atoms with van der Waals surface area (Å²) in [5.41, 5.74) is 2.06. The third-order valence-electron chi connectivity index (χ3n) is 3.47. The highest BCUT2D eigenvalue weighted by Crippen LogP contribution is 2.14. The molecule has 0 spiro atoms. The van der Waals surface area contributed by atoms with Crippen LogP contribution in [0.2, 0.25) is 0 Å². The first-order valence-corrected chi connectivity index (χ1v) is 8.41. The van der Waals surface area contributed by atoms with Crippen molar-refractivity contribution in [3.63, 3.8) is 0 Å². The van der Waals surface area contributed by atoms with Crippen molar-refractivity contribution < 1.29 is 8.42 Å². The summed E-state index contributed by atoms with van der Waals surface area (Å²) in [6.07, 6.45) is 3.58. The lowest BCUT2D eigenvalue weighted by atomic mass is 10.1. The Morgan fingerprint density at radius 2 is 2.05 bits per heavy atom. The second-order valence-corrected chi connectivity index (χ2v) is 7.20. The van der Waals surface area contributed by atoms with Crippen molar-refractivity contribution >= 4 is 10.0 Å². The molecule has 1 aromatic heterocycles. The zero-order valence-corrected chi connectivity index (χ0v) is 13.4. The minimum atomic E-state index is -3.45. The first-order chi connectivity index (χ1) is 9.88. The molecule has 114 valence electrons. The maximum Gasteiger partial charge on any atom is 0.240 e. The lowest BCUT2D eigenvalue weighted by Gasteiger charge is -2.13. The van der Waals surface area contributed by atoms with Crippen LogP contribution < -0.4 is 4.72 Å². The first kappa shape index (κ1) is 15.7. The predicted octanol–water partition coefficient (Wildman–Crippen LogP) is 2.11. The van der Waals surface area contributed by atoms with Crippen LogP contribution in [0.1, 0.15) is 18.1 Å². The summed E-state index contributed by atoms with van der Waals surface area (Å²) in [7, 11) is -3.45. The Kier molecular flexibility index (Phi) is 4.80. The number of aryl methyl sites for hydroxylation is 2. The van der Waals surface area contributed by atoms with E-state index in [9.17, 15) is 8.42 Å². The van der Waals surface area contributed by atoms with E-state index in [0.717, 1.165) is 11.1 Å². The van der Waals surface area contributed by atoms with Gasteiger partial charge in [0.25, 0.3) is 0 Å². The Morgan fingerprint density at radius 3 is 2.67 bits per heavy atom. The highest BCUT2D eigenvalue weighted by atomic mass is 32.2. The van der Waals surface area contributed by atoms with Gasteiger partial charge in [0, 0.05) is 25.5 Å². The first-order valence-electron chi connectivity index (χ1n) is 6.93. The summed E-state index contributed by atoms with van der Waals surface area (Å²) in [5, 5.41) is 4.12. The Labute approximate surface area is 126 Å². The number of hydrogen-bond donors (Lipinski definition) is 1. The van der Waals surface area contributed by atoms with Gasteiger partial charge in [0.1, 0.15) is 0 Å². The van der Waals surface area contributed by atoms with E-state index in [2.05, 4.69) is 9.82 Å². The van der Waals surface area contributed by atoms with E-state index in [1.165, 1.54) is 0 Å². The summed E-state index contributed by atoms with van der Waals surface area (Å²) in [4.78, 5) is 0.317. The molecule has 1 heterocycles. The Bertz CT molecular complexity index is 694. The van der Waals surface area contributed by atoms with Gasteiger partial charge in [-0.05, 0) is 49.1 Å². The number of aromatic nitrogens is 2. The average molecular weight is 307 g/mol. The standard InChI is InChI=1S/C15H21N3O2S/c1-12(11-18-8-4-7-16-18)10-17-21(19,20)15-6-5-13(2)14(3)9-15/h4-9,12,17H,10-11H2,1-3H3. The molecular formula is C15H21N3O2S. The van der Waals surface area contributed by atoms with E-state index in [4.69, 9.17) is 0 Å². The van der Waals surface area contributed by atoms with Crippen molar-refractivity contribution in [1.82, 2.24) is 14.5 Å². The molecular weight excluding hydrogens is 286 g/mol. The molecule has 0 saturated carbocycles. The summed E-state index contributed by atoms with van der Waals surface area (Å²) in [5.74, 6) is 0.159. The van der Waals surface area contributed by atoms with Crippen LogP contribution in [0.4, 0.5) is 0 Å². The van der Waals surface area contributed by atoms with Gasteiger partial charge < -0.3 is 0 Å². The maximum atomic E-state index is 12.3. The number of sulfonamides is 1. The fraction of sp³-hybridized carbons (Fsp3) is 0.400. The lowest BCUT2D eigenvalue weighted by molar-refractivity contribution is 0.443. The van der Waals surface area contributed by atoms with Crippen molar-refractivity contribution in [2.75, 3.05) is 6.54 Å². The maximum absolute atomic E-state index is 12.3. The van der Waals surface area contributed by atoms with E-state index in [-0.39, 0.29) is 5.92 Å². The van der Waals surface area contributed by atoms with Crippen molar-refractivity contribution in [2.24, 2.45) is 5.92 Å². The normalized spacial score (nSPS) is 13.3. The molecule has 2 aromatic rings. The van der Waals surface area contributed by atoms with E-state index < -0.39 is 10.0 Å². The fourth-order valence-electron chi connectivity index (χ4n) is 2.01. The lowest BCUT2D eigenvalue weighted by Crippen LogP contribution is -2.30. The molecule has 21 heavy (non-hydrogen) atoms. The van der Waals surface area contributed by atoms with Gasteiger partial charge in [-0.15, -0.1) is 0 Å². The molecule has 2 rings (SSSR count). The second-order valence-electron chi connectivity index (χ2n) is 5.43. The van der Waals surface area contributed by atoms with Gasteiger partial charge in [0.15, 0.2) is 0 Å². The third-order valence-corrected chi connectivity index (χ3v) is 4.89. The number of nitrogens with zero attached hydrogens (tertiary/aromatic N) is 2. The smallest absolute Gasteiger partial charge is 0.240 e. The van der Waals surface area contributed by atoms with Crippen LogP contribution in [0.3, 0.4) is 0 Å². The average Bonchev–Trinajstić information content (AvgIpc) is 2.92. The summed E-state index contributed by atoms with van der Waals surface area (Å²) < 4.78 is 29.0. The monoisotopic (exact) mass is 307 g/mol. The predicted molar refractivity (Wildman–Crippen MR) is 82.5 cm³/mol. The molecule has 6 heteroatoms. The summed E-state index contributed by atoms with van der Waals surface area (Å²) in [6, 6.07) is 7.03.